The number of nitrogens with one attached hydrogen (secondary N) is 2. The quantitative estimate of drug-likeness (QED) is 0.203. The molecule has 0 aromatic heterocycles. The van der Waals surface area contributed by atoms with Crippen molar-refractivity contribution >= 4 is 29.6 Å². The highest BCUT2D eigenvalue weighted by Crippen LogP contribution is 2.20. The van der Waals surface area contributed by atoms with Crippen LogP contribution in [0.1, 0.15) is 46.5 Å². The molecule has 0 aromatic carbocycles. The van der Waals surface area contributed by atoms with Gasteiger partial charge in [0.25, 0.3) is 0 Å². The van der Waals surface area contributed by atoms with Gasteiger partial charge in [0, 0.05) is 6.54 Å². The normalized spacial score (nSPS) is 19.9. The fourth-order valence-electron chi connectivity index (χ4n) is 3.44. The first-order chi connectivity index (χ1) is 14.3. The number of rotatable bonds is 11. The number of primary amides is 1. The number of aliphatic hydroxyl groups is 1. The topological polar surface area (TPSA) is 205 Å². The predicted octanol–water partition coefficient (Wildman–Crippen LogP) is -2.34. The standard InChI is InChI=1S/C19H33N5O7/c1-9(2)7-11(20)16(27)22-12(8-14(21)26)18(29)24-6-4-5-13(24)17(28)23-15(10(3)25)19(30)31/h9-13,15,25H,4-8,20H2,1-3H3,(H2,21,26)(H,22,27)(H,23,28)(H,30,31). The third kappa shape index (κ3) is 7.79. The van der Waals surface area contributed by atoms with E-state index in [0.29, 0.717) is 12.8 Å². The van der Waals surface area contributed by atoms with Crippen LogP contribution in [0.5, 0.6) is 0 Å². The largest absolute Gasteiger partial charge is 0.480 e. The lowest BCUT2D eigenvalue weighted by Gasteiger charge is -2.30. The molecule has 1 aliphatic heterocycles. The number of amides is 4. The van der Waals surface area contributed by atoms with Crippen molar-refractivity contribution < 1.29 is 34.2 Å². The van der Waals surface area contributed by atoms with Crippen molar-refractivity contribution in [3.63, 3.8) is 0 Å². The molecule has 0 bridgehead atoms. The molecule has 1 saturated heterocycles. The number of hydrogen-bond acceptors (Lipinski definition) is 7. The summed E-state index contributed by atoms with van der Waals surface area (Å²) in [4.78, 5) is 61.9. The van der Waals surface area contributed by atoms with E-state index in [0.717, 1.165) is 0 Å². The Hall–Kier alpha value is -2.73. The van der Waals surface area contributed by atoms with Gasteiger partial charge < -0.3 is 37.2 Å². The maximum atomic E-state index is 13.0. The van der Waals surface area contributed by atoms with E-state index in [1.165, 1.54) is 11.8 Å². The lowest BCUT2D eigenvalue weighted by atomic mass is 10.0. The molecular formula is C19H33N5O7. The zero-order valence-electron chi connectivity index (χ0n) is 18.0. The smallest absolute Gasteiger partial charge is 0.328 e. The fraction of sp³-hybridized carbons (Fsp3) is 0.737. The van der Waals surface area contributed by atoms with E-state index in [1.807, 2.05) is 13.8 Å². The SMILES string of the molecule is CC(C)CC(N)C(=O)NC(CC(N)=O)C(=O)N1CCCC1C(=O)NC(C(=O)O)C(C)O. The van der Waals surface area contributed by atoms with Gasteiger partial charge >= 0.3 is 5.97 Å². The number of hydrogen-bond donors (Lipinski definition) is 6. The van der Waals surface area contributed by atoms with Crippen LogP contribution in [-0.4, -0.2) is 81.5 Å². The molecule has 4 amide bonds. The summed E-state index contributed by atoms with van der Waals surface area (Å²) >= 11 is 0. The van der Waals surface area contributed by atoms with Gasteiger partial charge in [0.15, 0.2) is 6.04 Å². The van der Waals surface area contributed by atoms with E-state index in [4.69, 9.17) is 16.6 Å². The molecule has 0 saturated carbocycles. The van der Waals surface area contributed by atoms with Gasteiger partial charge in [-0.25, -0.2) is 4.79 Å². The minimum atomic E-state index is -1.54. The van der Waals surface area contributed by atoms with Crippen LogP contribution >= 0.6 is 0 Å². The van der Waals surface area contributed by atoms with Crippen LogP contribution in [0.15, 0.2) is 0 Å². The summed E-state index contributed by atoms with van der Waals surface area (Å²) in [5.41, 5.74) is 11.1. The highest BCUT2D eigenvalue weighted by atomic mass is 16.4. The summed E-state index contributed by atoms with van der Waals surface area (Å²) in [5.74, 6) is -4.17. The summed E-state index contributed by atoms with van der Waals surface area (Å²) in [6, 6.07) is -4.74. The fourth-order valence-corrected chi connectivity index (χ4v) is 3.44. The van der Waals surface area contributed by atoms with Crippen molar-refractivity contribution in [1.82, 2.24) is 15.5 Å². The number of carboxylic acid groups (broad SMARTS) is 1. The maximum Gasteiger partial charge on any atom is 0.328 e. The van der Waals surface area contributed by atoms with Gasteiger partial charge in [0.1, 0.15) is 12.1 Å². The van der Waals surface area contributed by atoms with Crippen LogP contribution in [0.2, 0.25) is 0 Å². The molecule has 12 heteroatoms. The van der Waals surface area contributed by atoms with Crippen LogP contribution in [0.3, 0.4) is 0 Å². The van der Waals surface area contributed by atoms with Crippen LogP contribution < -0.4 is 22.1 Å². The molecule has 8 N–H and O–H groups in total. The summed E-state index contributed by atoms with van der Waals surface area (Å²) in [7, 11) is 0. The van der Waals surface area contributed by atoms with E-state index in [2.05, 4.69) is 10.6 Å². The van der Waals surface area contributed by atoms with Gasteiger partial charge in [-0.05, 0) is 32.1 Å². The van der Waals surface area contributed by atoms with E-state index < -0.39 is 66.3 Å². The molecule has 0 aromatic rings. The van der Waals surface area contributed by atoms with E-state index in [-0.39, 0.29) is 18.9 Å². The maximum absolute atomic E-state index is 13.0. The van der Waals surface area contributed by atoms with Gasteiger partial charge in [-0.2, -0.15) is 0 Å². The summed E-state index contributed by atoms with van der Waals surface area (Å²) in [6.45, 7) is 5.15. The van der Waals surface area contributed by atoms with Crippen LogP contribution in [0, 0.1) is 5.92 Å². The minimum Gasteiger partial charge on any atom is -0.480 e. The lowest BCUT2D eigenvalue weighted by molar-refractivity contribution is -0.147. The first-order valence-corrected chi connectivity index (χ1v) is 10.2. The summed E-state index contributed by atoms with van der Waals surface area (Å²) < 4.78 is 0. The molecule has 176 valence electrons. The number of aliphatic carboxylic acids is 1. The van der Waals surface area contributed by atoms with Gasteiger partial charge in [0.2, 0.25) is 23.6 Å². The number of carboxylic acids is 1. The van der Waals surface area contributed by atoms with Gasteiger partial charge in [-0.3, -0.25) is 19.2 Å². The van der Waals surface area contributed by atoms with Crippen LogP contribution in [0.4, 0.5) is 0 Å². The summed E-state index contributed by atoms with van der Waals surface area (Å²) in [6.07, 6.45) is -0.742. The highest BCUT2D eigenvalue weighted by Gasteiger charge is 2.40. The van der Waals surface area contributed by atoms with Crippen molar-refractivity contribution in [1.29, 1.82) is 0 Å². The molecule has 31 heavy (non-hydrogen) atoms. The average molecular weight is 444 g/mol. The highest BCUT2D eigenvalue weighted by molar-refractivity contribution is 5.96. The Morgan fingerprint density at radius 3 is 2.23 bits per heavy atom. The molecule has 5 unspecified atom stereocenters. The Kier molecular flexibility index (Phi) is 9.85. The zero-order valence-corrected chi connectivity index (χ0v) is 18.0. The average Bonchev–Trinajstić information content (AvgIpc) is 3.13. The monoisotopic (exact) mass is 443 g/mol. The van der Waals surface area contributed by atoms with Crippen molar-refractivity contribution in [3.8, 4) is 0 Å². The molecule has 12 nitrogen and oxygen atoms in total. The van der Waals surface area contributed by atoms with Crippen molar-refractivity contribution in [2.75, 3.05) is 6.54 Å². The van der Waals surface area contributed by atoms with Crippen molar-refractivity contribution in [3.05, 3.63) is 0 Å². The Morgan fingerprint density at radius 2 is 1.74 bits per heavy atom. The zero-order chi connectivity index (χ0) is 23.9. The molecule has 0 radical (unpaired) electrons. The number of aliphatic hydroxyl groups excluding tert-OH is 1. The molecule has 1 aliphatic rings. The molecule has 1 rings (SSSR count). The van der Waals surface area contributed by atoms with E-state index in [1.54, 1.807) is 0 Å². The molecule has 5 atom stereocenters. The minimum absolute atomic E-state index is 0.133. The van der Waals surface area contributed by atoms with E-state index >= 15 is 0 Å². The third-order valence-electron chi connectivity index (χ3n) is 4.97. The lowest BCUT2D eigenvalue weighted by Crippen LogP contribution is -2.58. The first kappa shape index (κ1) is 26.3. The second-order valence-corrected chi connectivity index (χ2v) is 8.22. The Labute approximate surface area is 180 Å². The third-order valence-corrected chi connectivity index (χ3v) is 4.97. The van der Waals surface area contributed by atoms with Crippen molar-refractivity contribution in [2.45, 2.75) is 76.7 Å². The number of nitrogens with two attached hydrogens (primary N) is 2. The van der Waals surface area contributed by atoms with Crippen LogP contribution in [-0.2, 0) is 24.0 Å². The second-order valence-electron chi connectivity index (χ2n) is 8.22. The molecular weight excluding hydrogens is 410 g/mol. The molecule has 0 aliphatic carbocycles. The number of carbonyl (C=O) groups excluding carboxylic acids is 4. The predicted molar refractivity (Wildman–Crippen MR) is 109 cm³/mol. The number of nitrogens with zero attached hydrogens (tertiary/aromatic N) is 1. The Bertz CT molecular complexity index is 697. The van der Waals surface area contributed by atoms with Gasteiger partial charge in [0.05, 0.1) is 18.6 Å². The Morgan fingerprint density at radius 1 is 1.13 bits per heavy atom. The van der Waals surface area contributed by atoms with Gasteiger partial charge in [-0.1, -0.05) is 13.8 Å². The molecule has 0 spiro atoms. The van der Waals surface area contributed by atoms with Crippen molar-refractivity contribution in [2.24, 2.45) is 17.4 Å². The van der Waals surface area contributed by atoms with E-state index in [9.17, 15) is 29.1 Å². The number of carbonyl (C=O) groups is 5. The molecule has 1 fully saturated rings. The molecule has 1 heterocycles. The Balaban J connectivity index is 2.96. The summed E-state index contributed by atoms with van der Waals surface area (Å²) in [5, 5.41) is 23.4. The van der Waals surface area contributed by atoms with Crippen LogP contribution in [0.25, 0.3) is 0 Å². The second kappa shape index (κ2) is 11.6. The van der Waals surface area contributed by atoms with Gasteiger partial charge in [-0.15, -0.1) is 0 Å². The number of likely N-dealkylation sites (tertiary alicyclic amines) is 1. The first-order valence-electron chi connectivity index (χ1n) is 10.2.